The quantitative estimate of drug-likeness (QED) is 0.791. The highest BCUT2D eigenvalue weighted by Crippen LogP contribution is 2.12. The Morgan fingerprint density at radius 2 is 2.05 bits per heavy atom. The van der Waals surface area contributed by atoms with Gasteiger partial charge in [0, 0.05) is 51.2 Å². The number of rotatable bonds is 5. The summed E-state index contributed by atoms with van der Waals surface area (Å²) in [5.74, 6) is 0.787. The van der Waals surface area contributed by atoms with Gasteiger partial charge in [0.1, 0.15) is 5.65 Å². The number of pyridine rings is 1. The molecule has 6 heteroatoms. The second-order valence-electron chi connectivity index (χ2n) is 5.63. The number of imidazole rings is 1. The summed E-state index contributed by atoms with van der Waals surface area (Å²) in [6.45, 7) is 4.30. The molecule has 2 aromatic rings. The summed E-state index contributed by atoms with van der Waals surface area (Å²) in [6.07, 6.45) is 5.32. The van der Waals surface area contributed by atoms with Gasteiger partial charge in [0.2, 0.25) is 5.91 Å². The van der Waals surface area contributed by atoms with Gasteiger partial charge in [0.05, 0.1) is 11.9 Å². The molecule has 3 rings (SSSR count). The van der Waals surface area contributed by atoms with Crippen LogP contribution in [0.4, 0.5) is 0 Å². The molecule has 0 bridgehead atoms. The number of fused-ring (bicyclic) bond motifs is 1. The van der Waals surface area contributed by atoms with Gasteiger partial charge in [-0.15, -0.1) is 11.6 Å². The molecular weight excluding hydrogens is 300 g/mol. The summed E-state index contributed by atoms with van der Waals surface area (Å²) in [5, 5.41) is 0. The summed E-state index contributed by atoms with van der Waals surface area (Å²) < 4.78 is 2.12. The molecule has 1 aliphatic rings. The van der Waals surface area contributed by atoms with Crippen molar-refractivity contribution in [2.24, 2.45) is 0 Å². The van der Waals surface area contributed by atoms with Gasteiger partial charge in [-0.3, -0.25) is 9.69 Å². The van der Waals surface area contributed by atoms with Crippen molar-refractivity contribution in [2.45, 2.75) is 19.4 Å². The second kappa shape index (κ2) is 7.11. The van der Waals surface area contributed by atoms with E-state index in [0.29, 0.717) is 12.3 Å². The number of carbonyl (C=O) groups is 1. The van der Waals surface area contributed by atoms with E-state index in [9.17, 15) is 4.79 Å². The van der Waals surface area contributed by atoms with E-state index in [1.165, 1.54) is 5.69 Å². The van der Waals surface area contributed by atoms with Gasteiger partial charge >= 0.3 is 0 Å². The number of piperazine rings is 1. The minimum absolute atomic E-state index is 0.232. The molecule has 1 aliphatic heterocycles. The second-order valence-corrected chi connectivity index (χ2v) is 6.01. The summed E-state index contributed by atoms with van der Waals surface area (Å²) in [4.78, 5) is 20.7. The lowest BCUT2D eigenvalue weighted by atomic mass is 10.2. The molecule has 0 aromatic carbocycles. The number of carbonyl (C=O) groups excluding carboxylic acids is 1. The van der Waals surface area contributed by atoms with Crippen molar-refractivity contribution >= 4 is 23.2 Å². The molecule has 22 heavy (non-hydrogen) atoms. The van der Waals surface area contributed by atoms with Crippen molar-refractivity contribution in [2.75, 3.05) is 32.1 Å². The van der Waals surface area contributed by atoms with E-state index in [2.05, 4.69) is 14.3 Å². The van der Waals surface area contributed by atoms with Gasteiger partial charge in [-0.25, -0.2) is 4.98 Å². The molecule has 118 valence electrons. The number of amides is 1. The van der Waals surface area contributed by atoms with Gasteiger partial charge in [-0.2, -0.15) is 0 Å². The highest BCUT2D eigenvalue weighted by atomic mass is 35.5. The molecule has 2 aromatic heterocycles. The maximum absolute atomic E-state index is 12.0. The van der Waals surface area contributed by atoms with E-state index in [1.54, 1.807) is 0 Å². The topological polar surface area (TPSA) is 40.9 Å². The van der Waals surface area contributed by atoms with Gasteiger partial charge in [-0.05, 0) is 18.6 Å². The Hall–Kier alpha value is -1.59. The molecule has 0 unspecified atom stereocenters. The molecule has 1 fully saturated rings. The molecule has 0 N–H and O–H groups in total. The zero-order valence-corrected chi connectivity index (χ0v) is 13.4. The SMILES string of the molecule is O=C(CCCCl)N1CCN(Cc2cnc3ccccn23)CC1. The van der Waals surface area contributed by atoms with Crippen molar-refractivity contribution in [3.05, 3.63) is 36.3 Å². The lowest BCUT2D eigenvalue weighted by Crippen LogP contribution is -2.48. The first kappa shape index (κ1) is 15.3. The fraction of sp³-hybridized carbons (Fsp3) is 0.500. The highest BCUT2D eigenvalue weighted by Gasteiger charge is 2.21. The number of nitrogens with zero attached hydrogens (tertiary/aromatic N) is 4. The first-order chi connectivity index (χ1) is 10.8. The van der Waals surface area contributed by atoms with Crippen LogP contribution < -0.4 is 0 Å². The monoisotopic (exact) mass is 320 g/mol. The largest absolute Gasteiger partial charge is 0.340 e. The van der Waals surface area contributed by atoms with Gasteiger partial charge in [0.15, 0.2) is 0 Å². The Morgan fingerprint density at radius 1 is 1.23 bits per heavy atom. The van der Waals surface area contributed by atoms with E-state index in [0.717, 1.165) is 44.8 Å². The average molecular weight is 321 g/mol. The molecule has 5 nitrogen and oxygen atoms in total. The summed E-state index contributed by atoms with van der Waals surface area (Å²) in [5.41, 5.74) is 2.17. The lowest BCUT2D eigenvalue weighted by Gasteiger charge is -2.34. The van der Waals surface area contributed by atoms with E-state index < -0.39 is 0 Å². The molecule has 1 amide bonds. The van der Waals surface area contributed by atoms with Crippen LogP contribution in [0.15, 0.2) is 30.6 Å². The third-order valence-electron chi connectivity index (χ3n) is 4.13. The molecule has 0 radical (unpaired) electrons. The third-order valence-corrected chi connectivity index (χ3v) is 4.40. The van der Waals surface area contributed by atoms with Gasteiger partial charge < -0.3 is 9.30 Å². The van der Waals surface area contributed by atoms with E-state index in [4.69, 9.17) is 11.6 Å². The molecule has 3 heterocycles. The Bertz CT molecular complexity index is 634. The Labute approximate surface area is 135 Å². The average Bonchev–Trinajstić information content (AvgIpc) is 2.96. The van der Waals surface area contributed by atoms with Crippen LogP contribution in [-0.2, 0) is 11.3 Å². The van der Waals surface area contributed by atoms with Crippen LogP contribution >= 0.6 is 11.6 Å². The van der Waals surface area contributed by atoms with Gasteiger partial charge in [-0.1, -0.05) is 6.07 Å². The van der Waals surface area contributed by atoms with Crippen LogP contribution in [0.1, 0.15) is 18.5 Å². The van der Waals surface area contributed by atoms with Crippen LogP contribution in [0, 0.1) is 0 Å². The standard InChI is InChI=1S/C16H21ClN4O/c17-6-3-5-16(22)20-10-8-19(9-11-20)13-14-12-18-15-4-1-2-7-21(14)15/h1-2,4,7,12H,3,5-6,8-11,13H2. The minimum Gasteiger partial charge on any atom is -0.340 e. The highest BCUT2D eigenvalue weighted by molar-refractivity contribution is 6.17. The number of hydrogen-bond donors (Lipinski definition) is 0. The molecular formula is C16H21ClN4O. The molecule has 0 atom stereocenters. The molecule has 0 saturated carbocycles. The Morgan fingerprint density at radius 3 is 2.82 bits per heavy atom. The van der Waals surface area contributed by atoms with E-state index in [1.807, 2.05) is 35.5 Å². The zero-order valence-electron chi connectivity index (χ0n) is 12.6. The molecule has 0 spiro atoms. The third kappa shape index (κ3) is 3.42. The van der Waals surface area contributed by atoms with E-state index >= 15 is 0 Å². The summed E-state index contributed by atoms with van der Waals surface area (Å²) in [6, 6.07) is 6.03. The predicted molar refractivity (Wildman–Crippen MR) is 87.0 cm³/mol. The molecule has 0 aliphatic carbocycles. The number of aromatic nitrogens is 2. The Kier molecular flexibility index (Phi) is 4.95. The van der Waals surface area contributed by atoms with Crippen LogP contribution in [0.3, 0.4) is 0 Å². The van der Waals surface area contributed by atoms with Crippen molar-refractivity contribution in [3.8, 4) is 0 Å². The summed E-state index contributed by atoms with van der Waals surface area (Å²) in [7, 11) is 0. The van der Waals surface area contributed by atoms with Crippen molar-refractivity contribution < 1.29 is 4.79 Å². The fourth-order valence-corrected chi connectivity index (χ4v) is 3.00. The van der Waals surface area contributed by atoms with Gasteiger partial charge in [0.25, 0.3) is 0 Å². The summed E-state index contributed by atoms with van der Waals surface area (Å²) >= 11 is 5.65. The number of alkyl halides is 1. The van der Waals surface area contributed by atoms with E-state index in [-0.39, 0.29) is 5.91 Å². The minimum atomic E-state index is 0.232. The van der Waals surface area contributed by atoms with Crippen LogP contribution in [0.2, 0.25) is 0 Å². The van der Waals surface area contributed by atoms with Crippen LogP contribution in [-0.4, -0.2) is 57.2 Å². The smallest absolute Gasteiger partial charge is 0.222 e. The zero-order chi connectivity index (χ0) is 15.4. The first-order valence-corrected chi connectivity index (χ1v) is 8.28. The Balaban J connectivity index is 1.55. The van der Waals surface area contributed by atoms with Crippen LogP contribution in [0.25, 0.3) is 5.65 Å². The fourth-order valence-electron chi connectivity index (χ4n) is 2.86. The van der Waals surface area contributed by atoms with Crippen molar-refractivity contribution in [1.82, 2.24) is 19.2 Å². The van der Waals surface area contributed by atoms with Crippen molar-refractivity contribution in [1.29, 1.82) is 0 Å². The molecule has 1 saturated heterocycles. The first-order valence-electron chi connectivity index (χ1n) is 7.75. The normalized spacial score (nSPS) is 16.3. The predicted octanol–water partition coefficient (Wildman–Crippen LogP) is 2.00. The number of hydrogen-bond acceptors (Lipinski definition) is 3. The van der Waals surface area contributed by atoms with Crippen molar-refractivity contribution in [3.63, 3.8) is 0 Å². The van der Waals surface area contributed by atoms with Crippen LogP contribution in [0.5, 0.6) is 0 Å². The lowest BCUT2D eigenvalue weighted by molar-refractivity contribution is -0.133. The number of halogens is 1. The maximum atomic E-state index is 12.0. The maximum Gasteiger partial charge on any atom is 0.222 e.